The standard InChI is InChI=1S/C20H15ClN4O4/c1-11-15(18(26)23-13-5-2-4-12(21)8-13)9-16-17(22-11)25(20(28)24-19(16)27)10-14-6-3-7-29-14/h2-9H,10H2,1H3,(H,23,26)(H,24,27,28). The van der Waals surface area contributed by atoms with E-state index in [1.54, 1.807) is 43.3 Å². The van der Waals surface area contributed by atoms with E-state index >= 15 is 0 Å². The monoisotopic (exact) mass is 410 g/mol. The number of anilines is 1. The van der Waals surface area contributed by atoms with E-state index in [4.69, 9.17) is 16.0 Å². The van der Waals surface area contributed by atoms with Crippen molar-refractivity contribution in [2.24, 2.45) is 0 Å². The highest BCUT2D eigenvalue weighted by Gasteiger charge is 2.17. The number of carbonyl (C=O) groups excluding carboxylic acids is 1. The molecule has 0 aliphatic heterocycles. The number of benzene rings is 1. The SMILES string of the molecule is Cc1nc2c(cc1C(=O)Nc1cccc(Cl)c1)c(=O)[nH]c(=O)n2Cc1ccco1. The highest BCUT2D eigenvalue weighted by atomic mass is 35.5. The van der Waals surface area contributed by atoms with Crippen molar-refractivity contribution in [2.45, 2.75) is 13.5 Å². The molecule has 3 heterocycles. The number of halogens is 1. The summed E-state index contributed by atoms with van der Waals surface area (Å²) in [6.07, 6.45) is 1.49. The summed E-state index contributed by atoms with van der Waals surface area (Å²) >= 11 is 5.95. The molecule has 0 atom stereocenters. The van der Waals surface area contributed by atoms with Gasteiger partial charge in [-0.25, -0.2) is 9.78 Å². The third kappa shape index (κ3) is 3.70. The van der Waals surface area contributed by atoms with E-state index < -0.39 is 17.2 Å². The second-order valence-electron chi connectivity index (χ2n) is 6.38. The Morgan fingerprint density at radius 3 is 2.79 bits per heavy atom. The van der Waals surface area contributed by atoms with Gasteiger partial charge in [0.15, 0.2) is 0 Å². The quantitative estimate of drug-likeness (QED) is 0.537. The van der Waals surface area contributed by atoms with E-state index in [2.05, 4.69) is 15.3 Å². The van der Waals surface area contributed by atoms with Gasteiger partial charge in [-0.3, -0.25) is 19.1 Å². The smallest absolute Gasteiger partial charge is 0.330 e. The minimum Gasteiger partial charge on any atom is -0.467 e. The fourth-order valence-electron chi connectivity index (χ4n) is 2.99. The summed E-state index contributed by atoms with van der Waals surface area (Å²) in [5, 5.41) is 3.33. The maximum Gasteiger partial charge on any atom is 0.330 e. The Kier molecular flexibility index (Phi) is 4.77. The molecule has 0 bridgehead atoms. The lowest BCUT2D eigenvalue weighted by Gasteiger charge is -2.11. The van der Waals surface area contributed by atoms with Crippen LogP contribution in [0.2, 0.25) is 5.02 Å². The Morgan fingerprint density at radius 1 is 1.24 bits per heavy atom. The molecular formula is C20H15ClN4O4. The van der Waals surface area contributed by atoms with Gasteiger partial charge in [0.2, 0.25) is 0 Å². The third-order valence-corrected chi connectivity index (χ3v) is 4.62. The molecule has 0 spiro atoms. The van der Waals surface area contributed by atoms with Crippen molar-refractivity contribution in [3.8, 4) is 0 Å². The molecule has 8 nitrogen and oxygen atoms in total. The molecular weight excluding hydrogens is 396 g/mol. The van der Waals surface area contributed by atoms with Crippen molar-refractivity contribution in [3.05, 3.63) is 91.6 Å². The largest absolute Gasteiger partial charge is 0.467 e. The predicted octanol–water partition coefficient (Wildman–Crippen LogP) is 2.94. The fraction of sp³-hybridized carbons (Fsp3) is 0.100. The van der Waals surface area contributed by atoms with Crippen LogP contribution in [0.5, 0.6) is 0 Å². The van der Waals surface area contributed by atoms with E-state index in [0.29, 0.717) is 22.2 Å². The van der Waals surface area contributed by atoms with Crippen molar-refractivity contribution in [1.82, 2.24) is 14.5 Å². The number of furan rings is 1. The zero-order valence-corrected chi connectivity index (χ0v) is 16.0. The summed E-state index contributed by atoms with van der Waals surface area (Å²) < 4.78 is 6.58. The Morgan fingerprint density at radius 2 is 2.07 bits per heavy atom. The number of aromatic amines is 1. The van der Waals surface area contributed by atoms with Crippen molar-refractivity contribution < 1.29 is 9.21 Å². The molecule has 0 saturated heterocycles. The fourth-order valence-corrected chi connectivity index (χ4v) is 3.18. The van der Waals surface area contributed by atoms with Gasteiger partial charge in [0.25, 0.3) is 11.5 Å². The second-order valence-corrected chi connectivity index (χ2v) is 6.82. The van der Waals surface area contributed by atoms with Gasteiger partial charge in [-0.05, 0) is 43.3 Å². The number of hydrogen-bond acceptors (Lipinski definition) is 5. The van der Waals surface area contributed by atoms with E-state index in [0.717, 1.165) is 0 Å². The minimum atomic E-state index is -0.620. The van der Waals surface area contributed by atoms with Crippen LogP contribution < -0.4 is 16.6 Å². The normalized spacial score (nSPS) is 11.0. The lowest BCUT2D eigenvalue weighted by molar-refractivity contribution is 0.102. The number of aryl methyl sites for hydroxylation is 1. The second kappa shape index (κ2) is 7.40. The molecule has 9 heteroatoms. The lowest BCUT2D eigenvalue weighted by atomic mass is 10.1. The molecule has 146 valence electrons. The third-order valence-electron chi connectivity index (χ3n) is 4.38. The molecule has 29 heavy (non-hydrogen) atoms. The first-order valence-corrected chi connectivity index (χ1v) is 9.04. The zero-order valence-electron chi connectivity index (χ0n) is 15.2. The molecule has 3 aromatic heterocycles. The van der Waals surface area contributed by atoms with Crippen molar-refractivity contribution in [1.29, 1.82) is 0 Å². The van der Waals surface area contributed by atoms with Crippen LogP contribution in [0.4, 0.5) is 5.69 Å². The Balaban J connectivity index is 1.79. The van der Waals surface area contributed by atoms with Crippen molar-refractivity contribution in [3.63, 3.8) is 0 Å². The summed E-state index contributed by atoms with van der Waals surface area (Å²) in [4.78, 5) is 44.0. The molecule has 1 amide bonds. The molecule has 2 N–H and O–H groups in total. The van der Waals surface area contributed by atoms with E-state index in [1.807, 2.05) is 0 Å². The Hall–Kier alpha value is -3.65. The lowest BCUT2D eigenvalue weighted by Crippen LogP contribution is -2.31. The Bertz CT molecular complexity index is 1340. The molecule has 0 aliphatic carbocycles. The van der Waals surface area contributed by atoms with Crippen LogP contribution in [0.25, 0.3) is 11.0 Å². The number of nitrogens with one attached hydrogen (secondary N) is 2. The van der Waals surface area contributed by atoms with Gasteiger partial charge >= 0.3 is 5.69 Å². The Labute approximate surface area is 168 Å². The van der Waals surface area contributed by atoms with Crippen LogP contribution in [0.1, 0.15) is 21.8 Å². The van der Waals surface area contributed by atoms with E-state index in [9.17, 15) is 14.4 Å². The highest BCUT2D eigenvalue weighted by Crippen LogP contribution is 2.18. The van der Waals surface area contributed by atoms with E-state index in [1.165, 1.54) is 16.9 Å². The first kappa shape index (κ1) is 18.7. The number of fused-ring (bicyclic) bond motifs is 1. The molecule has 0 unspecified atom stereocenters. The highest BCUT2D eigenvalue weighted by molar-refractivity contribution is 6.31. The van der Waals surface area contributed by atoms with Crippen molar-refractivity contribution in [2.75, 3.05) is 5.32 Å². The van der Waals surface area contributed by atoms with Gasteiger partial charge in [-0.2, -0.15) is 0 Å². The van der Waals surface area contributed by atoms with Gasteiger partial charge in [0, 0.05) is 10.7 Å². The predicted molar refractivity (Wildman–Crippen MR) is 109 cm³/mol. The molecule has 4 aromatic rings. The van der Waals surface area contributed by atoms with Crippen LogP contribution in [-0.2, 0) is 6.54 Å². The summed E-state index contributed by atoms with van der Waals surface area (Å²) in [6.45, 7) is 1.73. The molecule has 0 radical (unpaired) electrons. The number of aromatic nitrogens is 3. The molecule has 0 saturated carbocycles. The maximum absolute atomic E-state index is 12.7. The summed E-state index contributed by atoms with van der Waals surface area (Å²) in [5.41, 5.74) is 0.0407. The number of carbonyl (C=O) groups is 1. The number of H-pyrrole nitrogens is 1. The minimum absolute atomic E-state index is 0.0968. The number of pyridine rings is 1. The topological polar surface area (TPSA) is 110 Å². The van der Waals surface area contributed by atoms with Gasteiger partial charge in [0.1, 0.15) is 11.4 Å². The van der Waals surface area contributed by atoms with Gasteiger partial charge in [-0.15, -0.1) is 0 Å². The van der Waals surface area contributed by atoms with Crippen LogP contribution >= 0.6 is 11.6 Å². The summed E-state index contributed by atoms with van der Waals surface area (Å²) in [7, 11) is 0. The van der Waals surface area contributed by atoms with Gasteiger partial charge < -0.3 is 9.73 Å². The molecule has 0 fully saturated rings. The molecule has 4 rings (SSSR count). The van der Waals surface area contributed by atoms with Crippen LogP contribution in [0, 0.1) is 6.92 Å². The van der Waals surface area contributed by atoms with Crippen LogP contribution in [0.3, 0.4) is 0 Å². The number of hydrogen-bond donors (Lipinski definition) is 2. The van der Waals surface area contributed by atoms with Gasteiger partial charge in [-0.1, -0.05) is 17.7 Å². The van der Waals surface area contributed by atoms with Gasteiger partial charge in [0.05, 0.1) is 29.5 Å². The van der Waals surface area contributed by atoms with Crippen LogP contribution in [0.15, 0.2) is 62.7 Å². The first-order chi connectivity index (χ1) is 13.9. The van der Waals surface area contributed by atoms with Crippen LogP contribution in [-0.4, -0.2) is 20.4 Å². The number of nitrogens with zero attached hydrogens (tertiary/aromatic N) is 2. The average Bonchev–Trinajstić information content (AvgIpc) is 3.18. The van der Waals surface area contributed by atoms with E-state index in [-0.39, 0.29) is 23.1 Å². The molecule has 1 aromatic carbocycles. The molecule has 0 aliphatic rings. The zero-order chi connectivity index (χ0) is 20.5. The summed E-state index contributed by atoms with van der Waals surface area (Å²) in [6, 6.07) is 11.5. The first-order valence-electron chi connectivity index (χ1n) is 8.66. The maximum atomic E-state index is 12.7. The average molecular weight is 411 g/mol. The number of amides is 1. The van der Waals surface area contributed by atoms with Crippen molar-refractivity contribution >= 4 is 34.2 Å². The summed E-state index contributed by atoms with van der Waals surface area (Å²) in [5.74, 6) is 0.0880. The number of rotatable bonds is 4.